The highest BCUT2D eigenvalue weighted by Gasteiger charge is 2.30. The Balaban J connectivity index is 1.80. The lowest BCUT2D eigenvalue weighted by atomic mass is 9.97. The number of carbonyl (C=O) groups is 1. The van der Waals surface area contributed by atoms with Gasteiger partial charge in [-0.15, -0.1) is 0 Å². The molecule has 1 aliphatic rings. The fourth-order valence-electron chi connectivity index (χ4n) is 3.99. The van der Waals surface area contributed by atoms with Gasteiger partial charge in [0.2, 0.25) is 5.75 Å². The van der Waals surface area contributed by atoms with E-state index in [1.165, 1.54) is 26.0 Å². The van der Waals surface area contributed by atoms with Gasteiger partial charge in [0.25, 0.3) is 0 Å². The number of urea groups is 1. The van der Waals surface area contributed by atoms with Crippen LogP contribution in [-0.4, -0.2) is 59.7 Å². The molecule has 1 unspecified atom stereocenters. The minimum Gasteiger partial charge on any atom is -0.493 e. The molecule has 0 aliphatic carbocycles. The van der Waals surface area contributed by atoms with Gasteiger partial charge < -0.3 is 24.4 Å². The van der Waals surface area contributed by atoms with Gasteiger partial charge in [0.05, 0.1) is 27.0 Å². The SMILES string of the molecule is COc1cc(NC(=O)N2CCCC(c3nn(C)c(=O)n3C(C)C)C2)cc(OC)c1OC. The van der Waals surface area contributed by atoms with Crippen molar-refractivity contribution in [2.24, 2.45) is 7.05 Å². The zero-order valence-electron chi connectivity index (χ0n) is 19.0. The Bertz CT molecular complexity index is 972. The molecule has 2 aromatic rings. The van der Waals surface area contributed by atoms with Crippen LogP contribution in [0.15, 0.2) is 16.9 Å². The molecule has 2 heterocycles. The first-order chi connectivity index (χ1) is 14.8. The van der Waals surface area contributed by atoms with Crippen molar-refractivity contribution < 1.29 is 19.0 Å². The first-order valence-corrected chi connectivity index (χ1v) is 10.3. The molecule has 0 spiro atoms. The second kappa shape index (κ2) is 9.32. The maximum absolute atomic E-state index is 13.0. The number of nitrogens with one attached hydrogen (secondary N) is 1. The number of likely N-dealkylation sites (tertiary alicyclic amines) is 1. The molecule has 10 heteroatoms. The molecule has 31 heavy (non-hydrogen) atoms. The minimum atomic E-state index is -0.228. The van der Waals surface area contributed by atoms with Gasteiger partial charge in [-0.25, -0.2) is 14.3 Å². The number of carbonyl (C=O) groups excluding carboxylic acids is 1. The molecule has 1 saturated heterocycles. The van der Waals surface area contributed by atoms with E-state index < -0.39 is 0 Å². The summed E-state index contributed by atoms with van der Waals surface area (Å²) in [6.45, 7) is 5.04. The van der Waals surface area contributed by atoms with Crippen LogP contribution in [0.1, 0.15) is 44.5 Å². The number of piperidine rings is 1. The lowest BCUT2D eigenvalue weighted by Crippen LogP contribution is -2.42. The van der Waals surface area contributed by atoms with Crippen LogP contribution in [0.25, 0.3) is 0 Å². The molecule has 1 aromatic heterocycles. The molecular formula is C21H31N5O5. The molecule has 0 radical (unpaired) electrons. The van der Waals surface area contributed by atoms with E-state index in [1.807, 2.05) is 13.8 Å². The normalized spacial score (nSPS) is 16.4. The number of aryl methyl sites for hydroxylation is 1. The van der Waals surface area contributed by atoms with Gasteiger partial charge in [-0.2, -0.15) is 5.10 Å². The van der Waals surface area contributed by atoms with Crippen molar-refractivity contribution in [2.45, 2.75) is 38.6 Å². The van der Waals surface area contributed by atoms with E-state index in [1.54, 1.807) is 28.6 Å². The molecule has 2 amide bonds. The van der Waals surface area contributed by atoms with Crippen LogP contribution in [0.3, 0.4) is 0 Å². The summed E-state index contributed by atoms with van der Waals surface area (Å²) in [5.74, 6) is 2.11. The molecule has 10 nitrogen and oxygen atoms in total. The summed E-state index contributed by atoms with van der Waals surface area (Å²) in [6, 6.07) is 3.15. The Morgan fingerprint density at radius 1 is 1.16 bits per heavy atom. The highest BCUT2D eigenvalue weighted by Crippen LogP contribution is 2.40. The predicted octanol–water partition coefficient (Wildman–Crippen LogP) is 2.60. The number of rotatable bonds is 6. The summed E-state index contributed by atoms with van der Waals surface area (Å²) < 4.78 is 19.1. The Morgan fingerprint density at radius 2 is 1.81 bits per heavy atom. The lowest BCUT2D eigenvalue weighted by Gasteiger charge is -2.32. The third-order valence-electron chi connectivity index (χ3n) is 5.49. The van der Waals surface area contributed by atoms with E-state index >= 15 is 0 Å². The average Bonchev–Trinajstić information content (AvgIpc) is 3.07. The Morgan fingerprint density at radius 3 is 2.35 bits per heavy atom. The standard InChI is InChI=1S/C21H31N5O5/c1-13(2)26-19(23-24(3)21(26)28)14-8-7-9-25(12-14)20(27)22-15-10-16(29-4)18(31-6)17(11-15)30-5/h10-11,13-14H,7-9,12H2,1-6H3,(H,22,27). The number of ether oxygens (including phenoxy) is 3. The zero-order chi connectivity index (χ0) is 22.7. The quantitative estimate of drug-likeness (QED) is 0.752. The molecule has 170 valence electrons. The van der Waals surface area contributed by atoms with Crippen LogP contribution in [0.2, 0.25) is 0 Å². The minimum absolute atomic E-state index is 0.000341. The highest BCUT2D eigenvalue weighted by atomic mass is 16.5. The van der Waals surface area contributed by atoms with Gasteiger partial charge in [0.15, 0.2) is 11.5 Å². The summed E-state index contributed by atoms with van der Waals surface area (Å²) >= 11 is 0. The maximum Gasteiger partial charge on any atom is 0.345 e. The Labute approximate surface area is 181 Å². The Hall–Kier alpha value is -3.17. The molecule has 0 saturated carbocycles. The molecule has 3 rings (SSSR count). The number of hydrogen-bond acceptors (Lipinski definition) is 6. The number of amides is 2. The summed E-state index contributed by atoms with van der Waals surface area (Å²) in [7, 11) is 6.24. The first kappa shape index (κ1) is 22.5. The van der Waals surface area contributed by atoms with E-state index in [0.29, 0.717) is 36.0 Å². The fraction of sp³-hybridized carbons (Fsp3) is 0.571. The van der Waals surface area contributed by atoms with Crippen molar-refractivity contribution >= 4 is 11.7 Å². The third-order valence-corrected chi connectivity index (χ3v) is 5.49. The van der Waals surface area contributed by atoms with Crippen LogP contribution in [0, 0.1) is 0 Å². The van der Waals surface area contributed by atoms with Crippen molar-refractivity contribution in [3.8, 4) is 17.2 Å². The number of nitrogens with zero attached hydrogens (tertiary/aromatic N) is 4. The van der Waals surface area contributed by atoms with E-state index in [4.69, 9.17) is 14.2 Å². The molecule has 1 aromatic carbocycles. The third kappa shape index (κ3) is 4.47. The topological polar surface area (TPSA) is 99.9 Å². The molecular weight excluding hydrogens is 402 g/mol. The molecule has 1 N–H and O–H groups in total. The molecule has 1 atom stereocenters. The van der Waals surface area contributed by atoms with Gasteiger partial charge in [0, 0.05) is 44.2 Å². The van der Waals surface area contributed by atoms with Crippen LogP contribution < -0.4 is 25.2 Å². The van der Waals surface area contributed by atoms with Crippen LogP contribution in [0.5, 0.6) is 17.2 Å². The van der Waals surface area contributed by atoms with E-state index in [9.17, 15) is 9.59 Å². The van der Waals surface area contributed by atoms with Crippen molar-refractivity contribution in [3.63, 3.8) is 0 Å². The van der Waals surface area contributed by atoms with Crippen LogP contribution >= 0.6 is 0 Å². The van der Waals surface area contributed by atoms with Crippen molar-refractivity contribution in [2.75, 3.05) is 39.7 Å². The Kier molecular flexibility index (Phi) is 6.77. The largest absolute Gasteiger partial charge is 0.493 e. The van der Waals surface area contributed by atoms with E-state index in [2.05, 4.69) is 10.4 Å². The number of anilines is 1. The molecule has 0 bridgehead atoms. The number of methoxy groups -OCH3 is 3. The maximum atomic E-state index is 13.0. The van der Waals surface area contributed by atoms with Gasteiger partial charge >= 0.3 is 11.7 Å². The van der Waals surface area contributed by atoms with E-state index in [0.717, 1.165) is 18.7 Å². The summed E-state index contributed by atoms with van der Waals surface area (Å²) in [4.78, 5) is 27.2. The number of aromatic nitrogens is 3. The first-order valence-electron chi connectivity index (χ1n) is 10.3. The number of benzene rings is 1. The van der Waals surface area contributed by atoms with Gasteiger partial charge in [0.1, 0.15) is 5.82 Å². The molecule has 1 aliphatic heterocycles. The summed E-state index contributed by atoms with van der Waals surface area (Å²) in [6.07, 6.45) is 1.70. The van der Waals surface area contributed by atoms with Gasteiger partial charge in [-0.1, -0.05) is 0 Å². The van der Waals surface area contributed by atoms with Gasteiger partial charge in [-0.05, 0) is 26.7 Å². The average molecular weight is 434 g/mol. The van der Waals surface area contributed by atoms with Crippen LogP contribution in [0.4, 0.5) is 10.5 Å². The van der Waals surface area contributed by atoms with Crippen LogP contribution in [-0.2, 0) is 7.05 Å². The van der Waals surface area contributed by atoms with Gasteiger partial charge in [-0.3, -0.25) is 4.57 Å². The van der Waals surface area contributed by atoms with Crippen molar-refractivity contribution in [1.82, 2.24) is 19.2 Å². The van der Waals surface area contributed by atoms with E-state index in [-0.39, 0.29) is 23.7 Å². The second-order valence-corrected chi connectivity index (χ2v) is 7.86. The molecule has 1 fully saturated rings. The predicted molar refractivity (Wildman–Crippen MR) is 117 cm³/mol. The summed E-state index contributed by atoms with van der Waals surface area (Å²) in [5, 5.41) is 7.37. The lowest BCUT2D eigenvalue weighted by molar-refractivity contribution is 0.190. The van der Waals surface area contributed by atoms with Crippen molar-refractivity contribution in [3.05, 3.63) is 28.4 Å². The second-order valence-electron chi connectivity index (χ2n) is 7.86. The fourth-order valence-corrected chi connectivity index (χ4v) is 3.99. The summed E-state index contributed by atoms with van der Waals surface area (Å²) in [5.41, 5.74) is 0.405. The van der Waals surface area contributed by atoms with Crippen molar-refractivity contribution in [1.29, 1.82) is 0 Å². The smallest absolute Gasteiger partial charge is 0.345 e. The zero-order valence-corrected chi connectivity index (χ0v) is 19.0. The number of hydrogen-bond donors (Lipinski definition) is 1. The highest BCUT2D eigenvalue weighted by molar-refractivity contribution is 5.90. The monoisotopic (exact) mass is 433 g/mol.